The van der Waals surface area contributed by atoms with Crippen LogP contribution in [0.25, 0.3) is 11.1 Å². The van der Waals surface area contributed by atoms with Gasteiger partial charge in [-0.2, -0.15) is 0 Å². The summed E-state index contributed by atoms with van der Waals surface area (Å²) in [6.45, 7) is 2.34. The third-order valence-corrected chi connectivity index (χ3v) is 4.81. The number of hydrogen-bond donors (Lipinski definition) is 2. The topological polar surface area (TPSA) is 47.3 Å². The molecule has 1 unspecified atom stereocenters. The molecule has 0 spiro atoms. The fourth-order valence-electron chi connectivity index (χ4n) is 2.88. The second kappa shape index (κ2) is 7.22. The molecule has 0 bridgehead atoms. The number of nitrogen functional groups attached to an aromatic ring is 1. The largest absolute Gasteiger partial charge is 0.397 e. The number of ether oxygens (including phenoxy) is 1. The summed E-state index contributed by atoms with van der Waals surface area (Å²) in [7, 11) is 1.69. The van der Waals surface area contributed by atoms with E-state index in [2.05, 4.69) is 5.32 Å². The summed E-state index contributed by atoms with van der Waals surface area (Å²) in [6, 6.07) is 11.9. The van der Waals surface area contributed by atoms with E-state index in [9.17, 15) is 4.39 Å². The van der Waals surface area contributed by atoms with Crippen LogP contribution in [0.2, 0.25) is 0 Å². The van der Waals surface area contributed by atoms with Crippen LogP contribution in [0.15, 0.2) is 36.4 Å². The number of rotatable bonds is 7. The Balaban J connectivity index is 1.87. The Kier molecular flexibility index (Phi) is 5.05. The van der Waals surface area contributed by atoms with Gasteiger partial charge >= 0.3 is 0 Å². The van der Waals surface area contributed by atoms with Crippen molar-refractivity contribution in [2.45, 2.75) is 32.5 Å². The number of alkyl halides is 1. The van der Waals surface area contributed by atoms with Crippen molar-refractivity contribution in [3.8, 4) is 11.1 Å². The van der Waals surface area contributed by atoms with Crippen LogP contribution in [0.3, 0.4) is 0 Å². The molecule has 3 N–H and O–H groups in total. The smallest absolute Gasteiger partial charge is 0.117 e. The highest BCUT2D eigenvalue weighted by Gasteiger charge is 2.21. The highest BCUT2D eigenvalue weighted by Crippen LogP contribution is 2.36. The summed E-state index contributed by atoms with van der Waals surface area (Å²) in [5.41, 5.74) is 11.0. The summed E-state index contributed by atoms with van der Waals surface area (Å²) in [5, 5.41) is 3.35. The van der Waals surface area contributed by atoms with Crippen molar-refractivity contribution >= 4 is 11.4 Å². The van der Waals surface area contributed by atoms with Crippen LogP contribution in [0.1, 0.15) is 37.0 Å². The molecule has 3 nitrogen and oxygen atoms in total. The third-order valence-electron chi connectivity index (χ3n) is 4.81. The molecule has 0 amide bonds. The van der Waals surface area contributed by atoms with Crippen LogP contribution >= 0.6 is 0 Å². The Bertz CT molecular complexity index is 696. The van der Waals surface area contributed by atoms with Crippen LogP contribution < -0.4 is 11.1 Å². The molecule has 4 heteroatoms. The van der Waals surface area contributed by atoms with Gasteiger partial charge in [0.1, 0.15) is 6.67 Å². The number of benzene rings is 2. The van der Waals surface area contributed by atoms with E-state index >= 15 is 0 Å². The Morgan fingerprint density at radius 1 is 1.21 bits per heavy atom. The molecule has 128 valence electrons. The predicted molar refractivity (Wildman–Crippen MR) is 97.7 cm³/mol. The molecule has 24 heavy (non-hydrogen) atoms. The van der Waals surface area contributed by atoms with E-state index < -0.39 is 6.67 Å². The van der Waals surface area contributed by atoms with Gasteiger partial charge in [0.15, 0.2) is 0 Å². The van der Waals surface area contributed by atoms with Crippen molar-refractivity contribution in [3.63, 3.8) is 0 Å². The van der Waals surface area contributed by atoms with E-state index in [4.69, 9.17) is 10.5 Å². The fraction of sp³-hybridized carbons (Fsp3) is 0.400. The normalized spacial score (nSPS) is 15.3. The minimum Gasteiger partial charge on any atom is -0.397 e. The van der Waals surface area contributed by atoms with Gasteiger partial charge < -0.3 is 15.8 Å². The maximum absolute atomic E-state index is 13.7. The predicted octanol–water partition coefficient (Wildman–Crippen LogP) is 4.93. The summed E-state index contributed by atoms with van der Waals surface area (Å²) in [4.78, 5) is 0. The minimum absolute atomic E-state index is 0.0405. The van der Waals surface area contributed by atoms with Gasteiger partial charge in [-0.15, -0.1) is 0 Å². The summed E-state index contributed by atoms with van der Waals surface area (Å²) in [5.74, 6) is 0.744. The second-order valence-electron chi connectivity index (χ2n) is 6.51. The van der Waals surface area contributed by atoms with E-state index in [0.29, 0.717) is 11.3 Å². The molecule has 0 saturated heterocycles. The van der Waals surface area contributed by atoms with E-state index in [-0.39, 0.29) is 6.10 Å². The maximum Gasteiger partial charge on any atom is 0.117 e. The van der Waals surface area contributed by atoms with Gasteiger partial charge in [-0.1, -0.05) is 30.3 Å². The number of nitrogens with one attached hydrogen (secondary N) is 1. The van der Waals surface area contributed by atoms with E-state index in [0.717, 1.165) is 34.8 Å². The van der Waals surface area contributed by atoms with Crippen molar-refractivity contribution in [1.82, 2.24) is 0 Å². The third kappa shape index (κ3) is 3.54. The van der Waals surface area contributed by atoms with Gasteiger partial charge in [-0.25, -0.2) is 4.39 Å². The zero-order valence-electron chi connectivity index (χ0n) is 14.3. The Morgan fingerprint density at radius 2 is 1.92 bits per heavy atom. The quantitative estimate of drug-likeness (QED) is 0.708. The van der Waals surface area contributed by atoms with Gasteiger partial charge in [-0.05, 0) is 48.4 Å². The first-order valence-corrected chi connectivity index (χ1v) is 8.48. The van der Waals surface area contributed by atoms with Gasteiger partial charge in [0.05, 0.1) is 17.5 Å². The van der Waals surface area contributed by atoms with Crippen LogP contribution in [0.5, 0.6) is 0 Å². The molecule has 1 saturated carbocycles. The van der Waals surface area contributed by atoms with E-state index in [1.165, 1.54) is 12.8 Å². The van der Waals surface area contributed by atoms with Gasteiger partial charge in [0, 0.05) is 19.2 Å². The molecule has 2 aromatic rings. The lowest BCUT2D eigenvalue weighted by Crippen LogP contribution is -2.07. The Hall–Kier alpha value is -2.07. The molecule has 1 atom stereocenters. The molecule has 0 aliphatic heterocycles. The molecule has 1 fully saturated rings. The molecule has 0 heterocycles. The minimum atomic E-state index is -0.573. The van der Waals surface area contributed by atoms with E-state index in [1.807, 2.05) is 43.3 Å². The molecule has 2 aromatic carbocycles. The molecule has 3 rings (SSSR count). The van der Waals surface area contributed by atoms with Gasteiger partial charge in [-0.3, -0.25) is 0 Å². The van der Waals surface area contributed by atoms with Crippen molar-refractivity contribution in [1.29, 1.82) is 0 Å². The van der Waals surface area contributed by atoms with Crippen molar-refractivity contribution < 1.29 is 9.13 Å². The number of nitrogens with two attached hydrogens (primary N) is 1. The fourth-order valence-corrected chi connectivity index (χ4v) is 2.88. The first kappa shape index (κ1) is 16.8. The summed E-state index contributed by atoms with van der Waals surface area (Å²) >= 11 is 0. The number of methoxy groups -OCH3 is 1. The summed E-state index contributed by atoms with van der Waals surface area (Å²) < 4.78 is 19.0. The van der Waals surface area contributed by atoms with E-state index in [1.54, 1.807) is 7.11 Å². The summed E-state index contributed by atoms with van der Waals surface area (Å²) in [6.07, 6.45) is 2.58. The van der Waals surface area contributed by atoms with Crippen LogP contribution in [0, 0.1) is 5.92 Å². The standard InChI is InChI=1S/C20H25FN2O/c1-13(24-2)15-5-7-16(8-6-15)17-9-10-19(20(22)18(17)11-21)23-12-14-3-4-14/h5-10,13-14,23H,3-4,11-12,22H2,1-2H3. The SMILES string of the molecule is COC(C)c1ccc(-c2ccc(NCC3CC3)c(N)c2CF)cc1. The monoisotopic (exact) mass is 328 g/mol. The van der Waals surface area contributed by atoms with Crippen LogP contribution in [-0.2, 0) is 11.4 Å². The van der Waals surface area contributed by atoms with Crippen molar-refractivity contribution in [2.75, 3.05) is 24.7 Å². The van der Waals surface area contributed by atoms with Gasteiger partial charge in [0.25, 0.3) is 0 Å². The Labute approximate surface area is 143 Å². The number of hydrogen-bond acceptors (Lipinski definition) is 3. The van der Waals surface area contributed by atoms with Crippen molar-refractivity contribution in [2.24, 2.45) is 5.92 Å². The van der Waals surface area contributed by atoms with Crippen LogP contribution in [-0.4, -0.2) is 13.7 Å². The maximum atomic E-state index is 13.7. The highest BCUT2D eigenvalue weighted by atomic mass is 19.1. The Morgan fingerprint density at radius 3 is 2.50 bits per heavy atom. The molecule has 0 aromatic heterocycles. The zero-order chi connectivity index (χ0) is 17.1. The first-order valence-electron chi connectivity index (χ1n) is 8.48. The van der Waals surface area contributed by atoms with Crippen LogP contribution in [0.4, 0.5) is 15.8 Å². The molecule has 0 radical (unpaired) electrons. The average Bonchev–Trinajstić information content (AvgIpc) is 3.44. The molecular formula is C20H25FN2O. The lowest BCUT2D eigenvalue weighted by Gasteiger charge is -2.16. The number of halogens is 1. The molecule has 1 aliphatic rings. The molecular weight excluding hydrogens is 303 g/mol. The lowest BCUT2D eigenvalue weighted by molar-refractivity contribution is 0.119. The molecule has 1 aliphatic carbocycles. The first-order chi connectivity index (χ1) is 11.6. The zero-order valence-corrected chi connectivity index (χ0v) is 14.3. The highest BCUT2D eigenvalue weighted by molar-refractivity contribution is 5.81. The lowest BCUT2D eigenvalue weighted by atomic mass is 9.96. The second-order valence-corrected chi connectivity index (χ2v) is 6.51. The van der Waals surface area contributed by atoms with Crippen molar-refractivity contribution in [3.05, 3.63) is 47.5 Å². The van der Waals surface area contributed by atoms with Gasteiger partial charge in [0.2, 0.25) is 0 Å². The average molecular weight is 328 g/mol. The number of anilines is 2.